The van der Waals surface area contributed by atoms with Gasteiger partial charge in [-0.25, -0.2) is 4.98 Å². The number of rotatable bonds is 6. The number of benzene rings is 1. The van der Waals surface area contributed by atoms with Gasteiger partial charge in [-0.05, 0) is 32.3 Å². The highest BCUT2D eigenvalue weighted by atomic mass is 35.5. The third-order valence-electron chi connectivity index (χ3n) is 3.40. The van der Waals surface area contributed by atoms with Crippen molar-refractivity contribution >= 4 is 29.1 Å². The summed E-state index contributed by atoms with van der Waals surface area (Å²) in [5, 5.41) is 4.56. The van der Waals surface area contributed by atoms with E-state index in [-0.39, 0.29) is 24.0 Å². The van der Waals surface area contributed by atoms with Crippen molar-refractivity contribution in [2.24, 2.45) is 0 Å². The number of halogens is 7. The van der Waals surface area contributed by atoms with Crippen molar-refractivity contribution in [1.82, 2.24) is 14.9 Å². The summed E-state index contributed by atoms with van der Waals surface area (Å²) in [4.78, 5) is 9.09. The molecule has 0 aliphatic rings. The van der Waals surface area contributed by atoms with Crippen LogP contribution in [0.25, 0.3) is 0 Å². The zero-order valence-electron chi connectivity index (χ0n) is 14.7. The molecule has 0 aliphatic heterocycles. The van der Waals surface area contributed by atoms with Gasteiger partial charge in [-0.2, -0.15) is 31.3 Å². The molecule has 12 heteroatoms. The van der Waals surface area contributed by atoms with Crippen molar-refractivity contribution in [2.75, 3.05) is 37.8 Å². The van der Waals surface area contributed by atoms with Crippen LogP contribution >= 0.6 is 11.6 Å². The predicted molar refractivity (Wildman–Crippen MR) is 93.8 cm³/mol. The topological polar surface area (TPSA) is 53.1 Å². The summed E-state index contributed by atoms with van der Waals surface area (Å²) in [6.45, 7) is 0.779. The van der Waals surface area contributed by atoms with Gasteiger partial charge >= 0.3 is 12.4 Å². The van der Waals surface area contributed by atoms with Gasteiger partial charge in [0.1, 0.15) is 5.82 Å². The van der Waals surface area contributed by atoms with E-state index in [1.807, 2.05) is 0 Å². The largest absolute Gasteiger partial charge is 0.433 e. The molecule has 0 saturated heterocycles. The molecule has 1 aromatic carbocycles. The van der Waals surface area contributed by atoms with Crippen molar-refractivity contribution in [3.05, 3.63) is 40.5 Å². The first kappa shape index (κ1) is 22.0. The van der Waals surface area contributed by atoms with E-state index in [1.54, 1.807) is 19.0 Å². The highest BCUT2D eigenvalue weighted by Crippen LogP contribution is 2.37. The van der Waals surface area contributed by atoms with E-state index in [2.05, 4.69) is 20.6 Å². The smallest absolute Gasteiger partial charge is 0.353 e. The van der Waals surface area contributed by atoms with Gasteiger partial charge in [0, 0.05) is 24.8 Å². The quantitative estimate of drug-likeness (QED) is 0.643. The molecule has 0 bridgehead atoms. The highest BCUT2D eigenvalue weighted by molar-refractivity contribution is 6.31. The monoisotopic (exact) mass is 427 g/mol. The second kappa shape index (κ2) is 8.39. The van der Waals surface area contributed by atoms with Gasteiger partial charge in [0.15, 0.2) is 5.69 Å². The maximum absolute atomic E-state index is 13.1. The molecule has 1 aromatic heterocycles. The van der Waals surface area contributed by atoms with Crippen LogP contribution in [0.2, 0.25) is 5.02 Å². The Hall–Kier alpha value is -2.27. The Labute approximate surface area is 161 Å². The number of aromatic nitrogens is 2. The highest BCUT2D eigenvalue weighted by Gasteiger charge is 2.35. The average Bonchev–Trinajstić information content (AvgIpc) is 2.54. The molecule has 0 saturated carbocycles. The van der Waals surface area contributed by atoms with Crippen LogP contribution in [0.4, 0.5) is 43.8 Å². The molecule has 2 rings (SSSR count). The summed E-state index contributed by atoms with van der Waals surface area (Å²) in [6.07, 6.45) is -9.47. The van der Waals surface area contributed by atoms with Crippen LogP contribution in [0.3, 0.4) is 0 Å². The Balaban J connectivity index is 2.34. The number of hydrogen-bond acceptors (Lipinski definition) is 5. The van der Waals surface area contributed by atoms with E-state index in [4.69, 9.17) is 11.6 Å². The van der Waals surface area contributed by atoms with Crippen molar-refractivity contribution in [3.63, 3.8) is 0 Å². The normalized spacial score (nSPS) is 12.4. The van der Waals surface area contributed by atoms with E-state index in [1.165, 1.54) is 6.07 Å². The lowest BCUT2D eigenvalue weighted by Gasteiger charge is -2.15. The third-order valence-corrected chi connectivity index (χ3v) is 3.73. The van der Waals surface area contributed by atoms with Gasteiger partial charge in [-0.3, -0.25) is 0 Å². The molecule has 28 heavy (non-hydrogen) atoms. The molecule has 0 fully saturated rings. The minimum atomic E-state index is -4.76. The molecular formula is C16H16ClF6N5. The fourth-order valence-corrected chi connectivity index (χ4v) is 2.32. The minimum Gasteiger partial charge on any atom is -0.353 e. The molecule has 0 unspecified atom stereocenters. The summed E-state index contributed by atoms with van der Waals surface area (Å²) in [5.41, 5.74) is -2.47. The average molecular weight is 428 g/mol. The van der Waals surface area contributed by atoms with Gasteiger partial charge in [-0.1, -0.05) is 11.6 Å². The first-order valence-corrected chi connectivity index (χ1v) is 8.22. The third kappa shape index (κ3) is 6.13. The molecule has 5 nitrogen and oxygen atoms in total. The van der Waals surface area contributed by atoms with E-state index < -0.39 is 28.6 Å². The first-order valence-electron chi connectivity index (χ1n) is 7.85. The Morgan fingerprint density at radius 2 is 1.68 bits per heavy atom. The second-order valence-electron chi connectivity index (χ2n) is 6.01. The predicted octanol–water partition coefficient (Wildman–Crippen LogP) is 4.88. The lowest BCUT2D eigenvalue weighted by atomic mass is 10.2. The number of likely N-dealkylation sites (N-methyl/N-ethyl adjacent to an activating group) is 1. The Morgan fingerprint density at radius 1 is 1.00 bits per heavy atom. The number of hydrogen-bond donors (Lipinski definition) is 2. The molecule has 0 spiro atoms. The summed E-state index contributed by atoms with van der Waals surface area (Å²) < 4.78 is 78.1. The molecule has 2 N–H and O–H groups in total. The molecule has 154 valence electrons. The van der Waals surface area contributed by atoms with E-state index in [0.29, 0.717) is 18.7 Å². The SMILES string of the molecule is CN(C)CCNc1nc(Nc2ccc(Cl)c(C(F)(F)F)c2)cc(C(F)(F)F)n1. The van der Waals surface area contributed by atoms with Crippen LogP contribution in [0.5, 0.6) is 0 Å². The summed E-state index contributed by atoms with van der Waals surface area (Å²) in [5.74, 6) is -0.616. The van der Waals surface area contributed by atoms with Crippen LogP contribution in [-0.2, 0) is 12.4 Å². The fraction of sp³-hybridized carbons (Fsp3) is 0.375. The Morgan fingerprint density at radius 3 is 2.25 bits per heavy atom. The van der Waals surface area contributed by atoms with Gasteiger partial charge in [0.05, 0.1) is 10.6 Å². The molecule has 2 aromatic rings. The zero-order valence-corrected chi connectivity index (χ0v) is 15.5. The van der Waals surface area contributed by atoms with Gasteiger partial charge in [0.2, 0.25) is 5.95 Å². The molecule has 0 radical (unpaired) electrons. The van der Waals surface area contributed by atoms with Crippen LogP contribution in [0, 0.1) is 0 Å². The maximum atomic E-state index is 13.1. The number of anilines is 3. The van der Waals surface area contributed by atoms with Crippen LogP contribution in [-0.4, -0.2) is 42.1 Å². The van der Waals surface area contributed by atoms with E-state index in [9.17, 15) is 26.3 Å². The Kier molecular flexibility index (Phi) is 6.60. The molecular weight excluding hydrogens is 412 g/mol. The van der Waals surface area contributed by atoms with Crippen molar-refractivity contribution in [3.8, 4) is 0 Å². The van der Waals surface area contributed by atoms with E-state index in [0.717, 1.165) is 6.07 Å². The van der Waals surface area contributed by atoms with Crippen LogP contribution in [0.15, 0.2) is 24.3 Å². The van der Waals surface area contributed by atoms with Gasteiger partial charge in [0.25, 0.3) is 0 Å². The molecule has 1 heterocycles. The number of nitrogens with zero attached hydrogens (tertiary/aromatic N) is 3. The lowest BCUT2D eigenvalue weighted by Crippen LogP contribution is -2.22. The number of alkyl halides is 6. The van der Waals surface area contributed by atoms with Crippen molar-refractivity contribution in [2.45, 2.75) is 12.4 Å². The van der Waals surface area contributed by atoms with Gasteiger partial charge < -0.3 is 15.5 Å². The molecule has 0 amide bonds. The summed E-state index contributed by atoms with van der Waals surface area (Å²) >= 11 is 5.54. The summed E-state index contributed by atoms with van der Waals surface area (Å²) in [7, 11) is 3.56. The second-order valence-corrected chi connectivity index (χ2v) is 6.41. The van der Waals surface area contributed by atoms with Crippen LogP contribution in [0.1, 0.15) is 11.3 Å². The maximum Gasteiger partial charge on any atom is 0.433 e. The van der Waals surface area contributed by atoms with Crippen LogP contribution < -0.4 is 10.6 Å². The van der Waals surface area contributed by atoms with E-state index >= 15 is 0 Å². The van der Waals surface area contributed by atoms with Crippen molar-refractivity contribution in [1.29, 1.82) is 0 Å². The fourth-order valence-electron chi connectivity index (χ4n) is 2.10. The van der Waals surface area contributed by atoms with Gasteiger partial charge in [-0.15, -0.1) is 0 Å². The summed E-state index contributed by atoms with van der Waals surface area (Å²) in [6, 6.07) is 3.50. The number of nitrogens with one attached hydrogen (secondary N) is 2. The lowest BCUT2D eigenvalue weighted by molar-refractivity contribution is -0.141. The first-order chi connectivity index (χ1) is 12.9. The molecule has 0 atom stereocenters. The molecule has 0 aliphatic carbocycles. The standard InChI is InChI=1S/C16H16ClF6N5/c1-28(2)6-5-24-14-26-12(16(21,22)23)8-13(27-14)25-9-3-4-11(17)10(7-9)15(18,19)20/h3-4,7-8H,5-6H2,1-2H3,(H2,24,25,26,27). The zero-order chi connectivity index (χ0) is 21.1. The Bertz CT molecular complexity index is 822. The minimum absolute atomic E-state index is 0.122. The van der Waals surface area contributed by atoms with Crippen molar-refractivity contribution < 1.29 is 26.3 Å².